The first kappa shape index (κ1) is 14.9. The number of thioether (sulfide) groups is 1. The molecule has 0 amide bonds. The van der Waals surface area contributed by atoms with Crippen LogP contribution in [0.2, 0.25) is 0 Å². The number of hydrogen-bond donors (Lipinski definition) is 1. The molecule has 0 fully saturated rings. The maximum absolute atomic E-state index is 5.82. The van der Waals surface area contributed by atoms with Gasteiger partial charge in [-0.15, -0.1) is 10.2 Å². The minimum atomic E-state index is 0.407. The van der Waals surface area contributed by atoms with E-state index in [1.165, 1.54) is 5.56 Å². The molecule has 5 nitrogen and oxygen atoms in total. The highest BCUT2D eigenvalue weighted by Crippen LogP contribution is 2.20. The van der Waals surface area contributed by atoms with E-state index in [1.807, 2.05) is 29.8 Å². The second kappa shape index (κ2) is 7.31. The van der Waals surface area contributed by atoms with Gasteiger partial charge in [0.05, 0.1) is 13.2 Å². The van der Waals surface area contributed by atoms with E-state index in [9.17, 15) is 0 Å². The molecule has 6 heteroatoms. The summed E-state index contributed by atoms with van der Waals surface area (Å²) in [5.74, 6) is 2.59. The Balaban J connectivity index is 1.83. The quantitative estimate of drug-likeness (QED) is 0.624. The standard InChI is InChI=1S/C14H20N4OS/c1-3-11-6-4-5-7-12(11)19-8-9-20-14-17-16-13(10-15)18(14)2/h4-7H,3,8-10,15H2,1-2H3. The van der Waals surface area contributed by atoms with E-state index < -0.39 is 0 Å². The molecule has 1 heterocycles. The van der Waals surface area contributed by atoms with Gasteiger partial charge in [-0.1, -0.05) is 36.9 Å². The van der Waals surface area contributed by atoms with E-state index in [0.29, 0.717) is 13.2 Å². The molecule has 0 saturated heterocycles. The van der Waals surface area contributed by atoms with Crippen molar-refractivity contribution in [3.05, 3.63) is 35.7 Å². The lowest BCUT2D eigenvalue weighted by molar-refractivity contribution is 0.340. The number of nitrogens with zero attached hydrogens (tertiary/aromatic N) is 3. The van der Waals surface area contributed by atoms with Gasteiger partial charge in [0.1, 0.15) is 11.6 Å². The van der Waals surface area contributed by atoms with Gasteiger partial charge in [-0.25, -0.2) is 0 Å². The third-order valence-corrected chi connectivity index (χ3v) is 4.02. The largest absolute Gasteiger partial charge is 0.492 e. The van der Waals surface area contributed by atoms with Crippen molar-refractivity contribution in [2.75, 3.05) is 12.4 Å². The normalized spacial score (nSPS) is 10.8. The predicted octanol–water partition coefficient (Wildman–Crippen LogP) is 2.01. The zero-order valence-electron chi connectivity index (χ0n) is 11.9. The van der Waals surface area contributed by atoms with Gasteiger partial charge in [0, 0.05) is 12.8 Å². The van der Waals surface area contributed by atoms with E-state index >= 15 is 0 Å². The van der Waals surface area contributed by atoms with Gasteiger partial charge in [-0.3, -0.25) is 0 Å². The lowest BCUT2D eigenvalue weighted by atomic mass is 10.1. The number of aryl methyl sites for hydroxylation is 1. The van der Waals surface area contributed by atoms with E-state index in [4.69, 9.17) is 10.5 Å². The van der Waals surface area contributed by atoms with Gasteiger partial charge < -0.3 is 15.0 Å². The maximum atomic E-state index is 5.82. The molecule has 1 aromatic carbocycles. The second-order valence-electron chi connectivity index (χ2n) is 4.32. The molecule has 0 aliphatic carbocycles. The fraction of sp³-hybridized carbons (Fsp3) is 0.429. The van der Waals surface area contributed by atoms with Crippen molar-refractivity contribution >= 4 is 11.8 Å². The van der Waals surface area contributed by atoms with Crippen molar-refractivity contribution in [2.45, 2.75) is 25.0 Å². The van der Waals surface area contributed by atoms with Crippen molar-refractivity contribution in [1.29, 1.82) is 0 Å². The molecular formula is C14H20N4OS. The SMILES string of the molecule is CCc1ccccc1OCCSc1nnc(CN)n1C. The summed E-state index contributed by atoms with van der Waals surface area (Å²) in [6.45, 7) is 3.18. The van der Waals surface area contributed by atoms with Crippen LogP contribution in [-0.2, 0) is 20.0 Å². The Bertz CT molecular complexity index is 556. The van der Waals surface area contributed by atoms with E-state index in [2.05, 4.69) is 23.2 Å². The topological polar surface area (TPSA) is 66.0 Å². The third-order valence-electron chi connectivity index (χ3n) is 3.03. The summed E-state index contributed by atoms with van der Waals surface area (Å²) in [5.41, 5.74) is 6.81. The number of ether oxygens (including phenoxy) is 1. The Hall–Kier alpha value is -1.53. The first-order chi connectivity index (χ1) is 9.76. The van der Waals surface area contributed by atoms with Crippen molar-refractivity contribution in [3.8, 4) is 5.75 Å². The number of hydrogen-bond acceptors (Lipinski definition) is 5. The Morgan fingerprint density at radius 1 is 1.30 bits per heavy atom. The minimum absolute atomic E-state index is 0.407. The summed E-state index contributed by atoms with van der Waals surface area (Å²) in [5, 5.41) is 9.00. The van der Waals surface area contributed by atoms with E-state index in [-0.39, 0.29) is 0 Å². The summed E-state index contributed by atoms with van der Waals surface area (Å²) in [4.78, 5) is 0. The average Bonchev–Trinajstić information content (AvgIpc) is 2.84. The van der Waals surface area contributed by atoms with E-state index in [0.717, 1.165) is 28.9 Å². The summed E-state index contributed by atoms with van der Waals surface area (Å²) in [7, 11) is 1.93. The van der Waals surface area contributed by atoms with Gasteiger partial charge in [-0.2, -0.15) is 0 Å². The second-order valence-corrected chi connectivity index (χ2v) is 5.38. The molecule has 0 atom stereocenters. The Labute approximate surface area is 123 Å². The smallest absolute Gasteiger partial charge is 0.191 e. The van der Waals surface area contributed by atoms with Crippen LogP contribution in [-0.4, -0.2) is 27.1 Å². The van der Waals surface area contributed by atoms with Crippen LogP contribution in [0, 0.1) is 0 Å². The fourth-order valence-electron chi connectivity index (χ4n) is 1.87. The Morgan fingerprint density at radius 2 is 2.10 bits per heavy atom. The highest BCUT2D eigenvalue weighted by molar-refractivity contribution is 7.99. The van der Waals surface area contributed by atoms with Gasteiger partial charge >= 0.3 is 0 Å². The molecule has 2 rings (SSSR count). The molecule has 20 heavy (non-hydrogen) atoms. The zero-order chi connectivity index (χ0) is 14.4. The van der Waals surface area contributed by atoms with Gasteiger partial charge in [0.15, 0.2) is 5.16 Å². The number of aromatic nitrogens is 3. The molecule has 0 saturated carbocycles. The predicted molar refractivity (Wildman–Crippen MR) is 80.9 cm³/mol. The molecule has 108 valence electrons. The molecule has 2 N–H and O–H groups in total. The third kappa shape index (κ3) is 3.52. The van der Waals surface area contributed by atoms with Crippen LogP contribution in [0.3, 0.4) is 0 Å². The van der Waals surface area contributed by atoms with Crippen molar-refractivity contribution < 1.29 is 4.74 Å². The number of para-hydroxylation sites is 1. The van der Waals surface area contributed by atoms with Gasteiger partial charge in [-0.05, 0) is 18.1 Å². The molecular weight excluding hydrogens is 272 g/mol. The summed E-state index contributed by atoms with van der Waals surface area (Å²) < 4.78 is 7.74. The fourth-order valence-corrected chi connectivity index (χ4v) is 2.62. The number of rotatable bonds is 7. The molecule has 1 aromatic heterocycles. The molecule has 0 unspecified atom stereocenters. The number of benzene rings is 1. The van der Waals surface area contributed by atoms with Crippen LogP contribution in [0.4, 0.5) is 0 Å². The Morgan fingerprint density at radius 3 is 2.80 bits per heavy atom. The van der Waals surface area contributed by atoms with Crippen molar-refractivity contribution in [3.63, 3.8) is 0 Å². The molecule has 0 radical (unpaired) electrons. The van der Waals surface area contributed by atoms with E-state index in [1.54, 1.807) is 11.8 Å². The summed E-state index contributed by atoms with van der Waals surface area (Å²) in [6.07, 6.45) is 0.979. The first-order valence-corrected chi connectivity index (χ1v) is 7.66. The molecule has 0 aliphatic heterocycles. The van der Waals surface area contributed by atoms with Crippen molar-refractivity contribution in [2.24, 2.45) is 12.8 Å². The summed E-state index contributed by atoms with van der Waals surface area (Å²) >= 11 is 1.62. The first-order valence-electron chi connectivity index (χ1n) is 6.68. The van der Waals surface area contributed by atoms with Crippen LogP contribution in [0.25, 0.3) is 0 Å². The molecule has 2 aromatic rings. The Kier molecular flexibility index (Phi) is 5.43. The average molecular weight is 292 g/mol. The lowest BCUT2D eigenvalue weighted by Crippen LogP contribution is -2.06. The van der Waals surface area contributed by atoms with Crippen LogP contribution in [0.5, 0.6) is 5.75 Å². The molecule has 0 spiro atoms. The highest BCUT2D eigenvalue weighted by Gasteiger charge is 2.07. The van der Waals surface area contributed by atoms with Crippen LogP contribution < -0.4 is 10.5 Å². The van der Waals surface area contributed by atoms with Crippen LogP contribution in [0.1, 0.15) is 18.3 Å². The molecule has 0 bridgehead atoms. The van der Waals surface area contributed by atoms with Gasteiger partial charge in [0.2, 0.25) is 0 Å². The zero-order valence-corrected chi connectivity index (χ0v) is 12.7. The van der Waals surface area contributed by atoms with Crippen LogP contribution in [0.15, 0.2) is 29.4 Å². The lowest BCUT2D eigenvalue weighted by Gasteiger charge is -2.09. The summed E-state index contributed by atoms with van der Waals surface area (Å²) in [6, 6.07) is 8.14. The monoisotopic (exact) mass is 292 g/mol. The minimum Gasteiger partial charge on any atom is -0.492 e. The van der Waals surface area contributed by atoms with Crippen molar-refractivity contribution in [1.82, 2.24) is 14.8 Å². The van der Waals surface area contributed by atoms with Crippen LogP contribution >= 0.6 is 11.8 Å². The van der Waals surface area contributed by atoms with Gasteiger partial charge in [0.25, 0.3) is 0 Å². The highest BCUT2D eigenvalue weighted by atomic mass is 32.2. The maximum Gasteiger partial charge on any atom is 0.191 e. The number of nitrogens with two attached hydrogens (primary N) is 1. The molecule has 0 aliphatic rings.